The number of halogens is 1. The van der Waals surface area contributed by atoms with E-state index in [0.717, 1.165) is 11.9 Å². The summed E-state index contributed by atoms with van der Waals surface area (Å²) >= 11 is 0. The lowest BCUT2D eigenvalue weighted by atomic mass is 10.1. The molecule has 0 aliphatic carbocycles. The van der Waals surface area contributed by atoms with Crippen LogP contribution in [0.3, 0.4) is 0 Å². The maximum atomic E-state index is 14.2. The monoisotopic (exact) mass is 400 g/mol. The highest BCUT2D eigenvalue weighted by Gasteiger charge is 2.19. The number of aromatic nitrogens is 1. The van der Waals surface area contributed by atoms with Crippen LogP contribution in [0.4, 0.5) is 10.1 Å². The minimum absolute atomic E-state index is 0.169. The molecule has 0 spiro atoms. The third-order valence-corrected chi connectivity index (χ3v) is 5.29. The second-order valence-electron chi connectivity index (χ2n) is 6.75. The van der Waals surface area contributed by atoms with Crippen molar-refractivity contribution in [3.8, 4) is 5.69 Å². The van der Waals surface area contributed by atoms with Crippen LogP contribution in [0.5, 0.6) is 0 Å². The zero-order valence-corrected chi connectivity index (χ0v) is 16.7. The molecule has 0 atom stereocenters. The van der Waals surface area contributed by atoms with E-state index in [1.807, 2.05) is 0 Å². The van der Waals surface area contributed by atoms with Crippen molar-refractivity contribution in [3.05, 3.63) is 82.9 Å². The van der Waals surface area contributed by atoms with Gasteiger partial charge in [-0.3, -0.25) is 4.79 Å². The van der Waals surface area contributed by atoms with Gasteiger partial charge in [-0.1, -0.05) is 30.3 Å². The standard InChI is InChI=1S/C21H21FN2O3S/c1-14-12-17(15(2)24(14)20-11-7-5-9-18(20)22)21(25)23-19-10-6-4-8-16(19)13-28(3,26)27/h4-12H,13H2,1-3H3,(H,23,25). The lowest BCUT2D eigenvalue weighted by Crippen LogP contribution is -2.15. The summed E-state index contributed by atoms with van der Waals surface area (Å²) in [7, 11) is -3.25. The highest BCUT2D eigenvalue weighted by Crippen LogP contribution is 2.25. The third kappa shape index (κ3) is 4.14. The van der Waals surface area contributed by atoms with Crippen LogP contribution >= 0.6 is 0 Å². The number of nitrogens with zero attached hydrogens (tertiary/aromatic N) is 1. The Hall–Kier alpha value is -2.93. The minimum Gasteiger partial charge on any atom is -0.322 e. The number of nitrogens with one attached hydrogen (secondary N) is 1. The molecule has 28 heavy (non-hydrogen) atoms. The number of aryl methyl sites for hydroxylation is 1. The molecule has 3 rings (SSSR count). The van der Waals surface area contributed by atoms with E-state index in [1.165, 1.54) is 6.07 Å². The molecule has 146 valence electrons. The van der Waals surface area contributed by atoms with Crippen molar-refractivity contribution in [1.82, 2.24) is 4.57 Å². The Bertz CT molecular complexity index is 1150. The van der Waals surface area contributed by atoms with Crippen molar-refractivity contribution in [2.75, 3.05) is 11.6 Å². The van der Waals surface area contributed by atoms with Crippen molar-refractivity contribution >= 4 is 21.4 Å². The van der Waals surface area contributed by atoms with Gasteiger partial charge in [0.1, 0.15) is 5.82 Å². The largest absolute Gasteiger partial charge is 0.322 e. The average Bonchev–Trinajstić information content (AvgIpc) is 2.91. The summed E-state index contributed by atoms with van der Waals surface area (Å²) in [4.78, 5) is 12.9. The van der Waals surface area contributed by atoms with Gasteiger partial charge in [-0.15, -0.1) is 0 Å². The zero-order chi connectivity index (χ0) is 20.5. The first-order valence-electron chi connectivity index (χ1n) is 8.68. The van der Waals surface area contributed by atoms with Gasteiger partial charge in [0, 0.05) is 23.3 Å². The quantitative estimate of drug-likeness (QED) is 0.703. The maximum Gasteiger partial charge on any atom is 0.257 e. The van der Waals surface area contributed by atoms with Gasteiger partial charge in [0.05, 0.1) is 17.0 Å². The van der Waals surface area contributed by atoms with Gasteiger partial charge in [-0.2, -0.15) is 0 Å². The van der Waals surface area contributed by atoms with Gasteiger partial charge in [0.25, 0.3) is 5.91 Å². The van der Waals surface area contributed by atoms with E-state index >= 15 is 0 Å². The number of hydrogen-bond donors (Lipinski definition) is 1. The van der Waals surface area contributed by atoms with E-state index < -0.39 is 9.84 Å². The predicted molar refractivity (Wildman–Crippen MR) is 108 cm³/mol. The minimum atomic E-state index is -3.25. The van der Waals surface area contributed by atoms with Gasteiger partial charge in [0.15, 0.2) is 9.84 Å². The Morgan fingerprint density at radius 3 is 2.39 bits per heavy atom. The molecule has 0 saturated heterocycles. The Balaban J connectivity index is 1.96. The number of carbonyl (C=O) groups excluding carboxylic acids is 1. The van der Waals surface area contributed by atoms with E-state index in [0.29, 0.717) is 28.2 Å². The number of para-hydroxylation sites is 2. The first-order valence-corrected chi connectivity index (χ1v) is 10.7. The molecule has 3 aromatic rings. The third-order valence-electron chi connectivity index (χ3n) is 4.45. The fourth-order valence-electron chi connectivity index (χ4n) is 3.24. The molecule has 5 nitrogen and oxygen atoms in total. The number of benzene rings is 2. The normalized spacial score (nSPS) is 11.4. The fourth-order valence-corrected chi connectivity index (χ4v) is 4.05. The molecule has 0 bridgehead atoms. The molecular weight excluding hydrogens is 379 g/mol. The molecule has 0 aliphatic heterocycles. The number of carbonyl (C=O) groups is 1. The molecule has 0 radical (unpaired) electrons. The molecule has 0 aliphatic rings. The lowest BCUT2D eigenvalue weighted by molar-refractivity contribution is 0.102. The highest BCUT2D eigenvalue weighted by atomic mass is 32.2. The van der Waals surface area contributed by atoms with Crippen LogP contribution in [0.15, 0.2) is 54.6 Å². The first kappa shape index (κ1) is 19.8. The van der Waals surface area contributed by atoms with Crippen LogP contribution in [0.25, 0.3) is 5.69 Å². The summed E-state index contributed by atoms with van der Waals surface area (Å²) in [5.74, 6) is -0.927. The van der Waals surface area contributed by atoms with Crippen molar-refractivity contribution in [1.29, 1.82) is 0 Å². The highest BCUT2D eigenvalue weighted by molar-refractivity contribution is 7.89. The van der Waals surface area contributed by atoms with E-state index in [4.69, 9.17) is 0 Å². The fraction of sp³-hybridized carbons (Fsp3) is 0.190. The first-order chi connectivity index (χ1) is 13.2. The number of amides is 1. The summed E-state index contributed by atoms with van der Waals surface area (Å²) in [5.41, 5.74) is 3.04. The van der Waals surface area contributed by atoms with Crippen LogP contribution in [0.2, 0.25) is 0 Å². The van der Waals surface area contributed by atoms with Crippen LogP contribution in [0.1, 0.15) is 27.3 Å². The number of anilines is 1. The van der Waals surface area contributed by atoms with Gasteiger partial charge in [0.2, 0.25) is 0 Å². The van der Waals surface area contributed by atoms with Gasteiger partial charge in [-0.25, -0.2) is 12.8 Å². The summed E-state index contributed by atoms with van der Waals surface area (Å²) in [5, 5.41) is 2.79. The molecule has 1 heterocycles. The number of hydrogen-bond acceptors (Lipinski definition) is 3. The SMILES string of the molecule is Cc1cc(C(=O)Nc2ccccc2CS(C)(=O)=O)c(C)n1-c1ccccc1F. The Morgan fingerprint density at radius 1 is 1.07 bits per heavy atom. The summed E-state index contributed by atoms with van der Waals surface area (Å²) in [6.45, 7) is 3.55. The molecule has 2 aromatic carbocycles. The second kappa shape index (κ2) is 7.59. The van der Waals surface area contributed by atoms with Gasteiger partial charge >= 0.3 is 0 Å². The van der Waals surface area contributed by atoms with E-state index in [1.54, 1.807) is 66.9 Å². The molecular formula is C21H21FN2O3S. The summed E-state index contributed by atoms with van der Waals surface area (Å²) < 4.78 is 39.2. The second-order valence-corrected chi connectivity index (χ2v) is 8.89. The predicted octanol–water partition coefficient (Wildman–Crippen LogP) is 4.03. The summed E-state index contributed by atoms with van der Waals surface area (Å²) in [6, 6.07) is 14.8. The molecule has 0 unspecified atom stereocenters. The average molecular weight is 400 g/mol. The number of rotatable bonds is 5. The van der Waals surface area contributed by atoms with E-state index in [2.05, 4.69) is 5.32 Å². The maximum absolute atomic E-state index is 14.2. The van der Waals surface area contributed by atoms with Crippen LogP contribution in [0, 0.1) is 19.7 Å². The van der Waals surface area contributed by atoms with Crippen molar-refractivity contribution < 1.29 is 17.6 Å². The smallest absolute Gasteiger partial charge is 0.257 e. The number of sulfone groups is 1. The molecule has 7 heteroatoms. The van der Waals surface area contributed by atoms with Crippen LogP contribution in [-0.2, 0) is 15.6 Å². The van der Waals surface area contributed by atoms with Gasteiger partial charge in [-0.05, 0) is 43.7 Å². The Labute approximate surface area is 163 Å². The molecule has 1 amide bonds. The lowest BCUT2D eigenvalue weighted by Gasteiger charge is -2.12. The molecule has 0 saturated carbocycles. The molecule has 0 fully saturated rings. The Kier molecular flexibility index (Phi) is 5.38. The summed E-state index contributed by atoms with van der Waals surface area (Å²) in [6.07, 6.45) is 1.15. The Morgan fingerprint density at radius 2 is 1.71 bits per heavy atom. The topological polar surface area (TPSA) is 68.2 Å². The molecule has 1 N–H and O–H groups in total. The van der Waals surface area contributed by atoms with E-state index in [-0.39, 0.29) is 17.5 Å². The van der Waals surface area contributed by atoms with Crippen LogP contribution < -0.4 is 5.32 Å². The van der Waals surface area contributed by atoms with Crippen molar-refractivity contribution in [3.63, 3.8) is 0 Å². The van der Waals surface area contributed by atoms with E-state index in [9.17, 15) is 17.6 Å². The van der Waals surface area contributed by atoms with Gasteiger partial charge < -0.3 is 9.88 Å². The zero-order valence-electron chi connectivity index (χ0n) is 15.9. The van der Waals surface area contributed by atoms with Crippen molar-refractivity contribution in [2.24, 2.45) is 0 Å². The van der Waals surface area contributed by atoms with Crippen molar-refractivity contribution in [2.45, 2.75) is 19.6 Å². The molecule has 1 aromatic heterocycles. The van der Waals surface area contributed by atoms with Crippen LogP contribution in [-0.4, -0.2) is 25.1 Å².